The Labute approximate surface area is 179 Å². The zero-order chi connectivity index (χ0) is 19.8. The van der Waals surface area contributed by atoms with Gasteiger partial charge in [0.1, 0.15) is 18.2 Å². The summed E-state index contributed by atoms with van der Waals surface area (Å²) in [5.41, 5.74) is 0.353. The van der Waals surface area contributed by atoms with Crippen molar-refractivity contribution in [3.05, 3.63) is 29.6 Å². The van der Waals surface area contributed by atoms with Gasteiger partial charge in [0.15, 0.2) is 0 Å². The Kier molecular flexibility index (Phi) is 10.0. The quantitative estimate of drug-likeness (QED) is 0.669. The van der Waals surface area contributed by atoms with E-state index in [0.717, 1.165) is 31.8 Å². The molecule has 1 amide bonds. The van der Waals surface area contributed by atoms with E-state index in [1.165, 1.54) is 38.2 Å². The van der Waals surface area contributed by atoms with Crippen LogP contribution in [0.4, 0.5) is 9.18 Å². The second kappa shape index (κ2) is 12.2. The number of nitrogens with zero attached hydrogens (tertiary/aromatic N) is 1. The Morgan fingerprint density at radius 2 is 2.07 bits per heavy atom. The molecule has 1 aromatic carbocycles. The summed E-state index contributed by atoms with van der Waals surface area (Å²) >= 11 is 0. The Morgan fingerprint density at radius 1 is 1.28 bits per heavy atom. The van der Waals surface area contributed by atoms with Crippen LogP contribution in [0.2, 0.25) is 0 Å². The normalized spacial score (nSPS) is 20.1. The number of piperazine rings is 1. The Bertz CT molecular complexity index is 640. The maximum atomic E-state index is 14.1. The summed E-state index contributed by atoms with van der Waals surface area (Å²) in [7, 11) is 0. The van der Waals surface area contributed by atoms with E-state index < -0.39 is 0 Å². The van der Waals surface area contributed by atoms with Crippen molar-refractivity contribution in [3.63, 3.8) is 0 Å². The minimum absolute atomic E-state index is 0. The van der Waals surface area contributed by atoms with Gasteiger partial charge in [0.2, 0.25) is 0 Å². The molecule has 7 heteroatoms. The standard InChI is InChI=1S/C22H33FN2O3.ClH/c1-2-19-15-24-11-12-25(19)22(26)28-16-18-14-20(8-9-21(18)23)27-13-10-17-6-4-3-5-7-17;/h8-9,14,17,19,24H,2-7,10-13,15-16H2,1H3;1H. The van der Waals surface area contributed by atoms with Gasteiger partial charge in [-0.25, -0.2) is 9.18 Å². The fourth-order valence-electron chi connectivity index (χ4n) is 4.16. The van der Waals surface area contributed by atoms with E-state index in [9.17, 15) is 9.18 Å². The first-order valence-electron chi connectivity index (χ1n) is 10.7. The molecule has 1 N–H and O–H groups in total. The second-order valence-electron chi connectivity index (χ2n) is 7.91. The molecule has 164 valence electrons. The summed E-state index contributed by atoms with van der Waals surface area (Å²) in [4.78, 5) is 14.1. The van der Waals surface area contributed by atoms with Gasteiger partial charge in [-0.2, -0.15) is 0 Å². The smallest absolute Gasteiger partial charge is 0.410 e. The highest BCUT2D eigenvalue weighted by Crippen LogP contribution is 2.27. The van der Waals surface area contributed by atoms with Crippen molar-refractivity contribution < 1.29 is 18.7 Å². The van der Waals surface area contributed by atoms with Crippen molar-refractivity contribution >= 4 is 18.5 Å². The third-order valence-corrected chi connectivity index (χ3v) is 5.94. The topological polar surface area (TPSA) is 50.8 Å². The molecule has 1 unspecified atom stereocenters. The molecular formula is C22H34ClFN2O3. The average molecular weight is 429 g/mol. The van der Waals surface area contributed by atoms with E-state index in [0.29, 0.717) is 24.5 Å². The Balaban J connectivity index is 0.00000300. The van der Waals surface area contributed by atoms with Crippen molar-refractivity contribution in [3.8, 4) is 5.75 Å². The number of nitrogens with one attached hydrogen (secondary N) is 1. The third kappa shape index (κ3) is 7.03. The number of hydrogen-bond donors (Lipinski definition) is 1. The van der Waals surface area contributed by atoms with Crippen LogP contribution in [0.15, 0.2) is 18.2 Å². The first kappa shape index (κ1) is 23.7. The van der Waals surface area contributed by atoms with E-state index in [2.05, 4.69) is 5.32 Å². The molecule has 1 saturated carbocycles. The van der Waals surface area contributed by atoms with Crippen molar-refractivity contribution in [1.82, 2.24) is 10.2 Å². The Hall–Kier alpha value is -1.53. The molecule has 1 aliphatic heterocycles. The maximum Gasteiger partial charge on any atom is 0.410 e. The highest BCUT2D eigenvalue weighted by atomic mass is 35.5. The molecular weight excluding hydrogens is 395 g/mol. The third-order valence-electron chi connectivity index (χ3n) is 5.94. The molecule has 1 aromatic rings. The lowest BCUT2D eigenvalue weighted by Gasteiger charge is -2.34. The molecule has 0 spiro atoms. The monoisotopic (exact) mass is 428 g/mol. The van der Waals surface area contributed by atoms with Crippen molar-refractivity contribution in [2.45, 2.75) is 64.5 Å². The van der Waals surface area contributed by atoms with Crippen LogP contribution in [-0.4, -0.2) is 43.3 Å². The summed E-state index contributed by atoms with van der Waals surface area (Å²) in [5, 5.41) is 3.28. The van der Waals surface area contributed by atoms with Crippen LogP contribution in [0.25, 0.3) is 0 Å². The fraction of sp³-hybridized carbons (Fsp3) is 0.682. The van der Waals surface area contributed by atoms with Gasteiger partial charge in [0.25, 0.3) is 0 Å². The lowest BCUT2D eigenvalue weighted by Crippen LogP contribution is -2.53. The number of carbonyl (C=O) groups is 1. The molecule has 5 nitrogen and oxygen atoms in total. The summed E-state index contributed by atoms with van der Waals surface area (Å²) in [6.07, 6.45) is 8.10. The SMILES string of the molecule is CCC1CNCCN1C(=O)OCc1cc(OCCC2CCCCC2)ccc1F.Cl. The summed E-state index contributed by atoms with van der Waals surface area (Å²) < 4.78 is 25.4. The minimum Gasteiger partial charge on any atom is -0.494 e. The van der Waals surface area contributed by atoms with Gasteiger partial charge in [-0.05, 0) is 37.0 Å². The molecule has 1 atom stereocenters. The molecule has 1 aliphatic carbocycles. The highest BCUT2D eigenvalue weighted by molar-refractivity contribution is 5.85. The lowest BCUT2D eigenvalue weighted by molar-refractivity contribution is 0.0706. The largest absolute Gasteiger partial charge is 0.494 e. The van der Waals surface area contributed by atoms with E-state index in [-0.39, 0.29) is 37.0 Å². The van der Waals surface area contributed by atoms with Crippen molar-refractivity contribution in [2.75, 3.05) is 26.2 Å². The van der Waals surface area contributed by atoms with Crippen LogP contribution in [0.5, 0.6) is 5.75 Å². The van der Waals surface area contributed by atoms with Crippen LogP contribution >= 0.6 is 12.4 Å². The molecule has 3 rings (SSSR count). The first-order valence-corrected chi connectivity index (χ1v) is 10.7. The van der Waals surface area contributed by atoms with Gasteiger partial charge >= 0.3 is 6.09 Å². The first-order chi connectivity index (χ1) is 13.7. The summed E-state index contributed by atoms with van der Waals surface area (Å²) in [6.45, 7) is 4.75. The summed E-state index contributed by atoms with van der Waals surface area (Å²) in [5.74, 6) is 1.01. The van der Waals surface area contributed by atoms with Gasteiger partial charge in [-0.1, -0.05) is 39.0 Å². The van der Waals surface area contributed by atoms with Gasteiger partial charge < -0.3 is 19.7 Å². The molecule has 0 bridgehead atoms. The number of rotatable bonds is 7. The average Bonchev–Trinajstić information content (AvgIpc) is 2.74. The van der Waals surface area contributed by atoms with E-state index in [4.69, 9.17) is 9.47 Å². The predicted octanol–water partition coefficient (Wildman–Crippen LogP) is 4.92. The van der Waals surface area contributed by atoms with Crippen molar-refractivity contribution in [2.24, 2.45) is 5.92 Å². The highest BCUT2D eigenvalue weighted by Gasteiger charge is 2.26. The maximum absolute atomic E-state index is 14.1. The summed E-state index contributed by atoms with van der Waals surface area (Å²) in [6, 6.07) is 4.81. The second-order valence-corrected chi connectivity index (χ2v) is 7.91. The predicted molar refractivity (Wildman–Crippen MR) is 114 cm³/mol. The van der Waals surface area contributed by atoms with Gasteiger partial charge in [0, 0.05) is 31.2 Å². The number of halogens is 2. The molecule has 29 heavy (non-hydrogen) atoms. The number of ether oxygens (including phenoxy) is 2. The van der Waals surface area contributed by atoms with Crippen LogP contribution < -0.4 is 10.1 Å². The van der Waals surface area contributed by atoms with Crippen LogP contribution in [0.1, 0.15) is 57.4 Å². The van der Waals surface area contributed by atoms with Crippen LogP contribution in [0, 0.1) is 11.7 Å². The molecule has 2 aliphatic rings. The molecule has 1 saturated heterocycles. The van der Waals surface area contributed by atoms with E-state index in [1.54, 1.807) is 17.0 Å². The van der Waals surface area contributed by atoms with E-state index in [1.807, 2.05) is 6.92 Å². The van der Waals surface area contributed by atoms with Crippen LogP contribution in [0.3, 0.4) is 0 Å². The molecule has 0 aromatic heterocycles. The fourth-order valence-corrected chi connectivity index (χ4v) is 4.16. The van der Waals surface area contributed by atoms with Gasteiger partial charge in [-0.15, -0.1) is 12.4 Å². The zero-order valence-electron chi connectivity index (χ0n) is 17.3. The van der Waals surface area contributed by atoms with Crippen LogP contribution in [-0.2, 0) is 11.3 Å². The number of benzene rings is 1. The van der Waals surface area contributed by atoms with E-state index >= 15 is 0 Å². The van der Waals surface area contributed by atoms with Crippen molar-refractivity contribution in [1.29, 1.82) is 0 Å². The Morgan fingerprint density at radius 3 is 2.83 bits per heavy atom. The molecule has 0 radical (unpaired) electrons. The van der Waals surface area contributed by atoms with Gasteiger partial charge in [-0.3, -0.25) is 0 Å². The number of carbonyl (C=O) groups excluding carboxylic acids is 1. The number of hydrogen-bond acceptors (Lipinski definition) is 4. The lowest BCUT2D eigenvalue weighted by atomic mass is 9.87. The molecule has 1 heterocycles. The minimum atomic E-state index is -0.378. The number of amides is 1. The zero-order valence-corrected chi connectivity index (χ0v) is 18.1. The molecule has 2 fully saturated rings. The van der Waals surface area contributed by atoms with Gasteiger partial charge in [0.05, 0.1) is 6.61 Å².